The Morgan fingerprint density at radius 3 is 2.65 bits per heavy atom. The fourth-order valence-electron chi connectivity index (χ4n) is 2.37. The number of rotatable bonds is 7. The number of thiophene rings is 1. The number of nitrogens with one attached hydrogen (secondary N) is 1. The minimum absolute atomic E-state index is 0.0658. The second kappa shape index (κ2) is 8.68. The molecule has 0 fully saturated rings. The smallest absolute Gasteiger partial charge is 0.325 e. The van der Waals surface area contributed by atoms with Gasteiger partial charge >= 0.3 is 5.97 Å². The van der Waals surface area contributed by atoms with Crippen molar-refractivity contribution < 1.29 is 14.3 Å². The van der Waals surface area contributed by atoms with E-state index in [-0.39, 0.29) is 29.7 Å². The number of aryl methyl sites for hydroxylation is 2. The number of carbonyl (C=O) groups is 2. The van der Waals surface area contributed by atoms with Crippen molar-refractivity contribution in [3.63, 3.8) is 0 Å². The van der Waals surface area contributed by atoms with Crippen LogP contribution in [0.2, 0.25) is 0 Å². The van der Waals surface area contributed by atoms with Crippen molar-refractivity contribution in [2.45, 2.75) is 39.4 Å². The van der Waals surface area contributed by atoms with E-state index in [9.17, 15) is 14.4 Å². The number of hydrogen-bond acceptors (Lipinski definition) is 7. The number of thioether (sulfide) groups is 1. The number of nitrogens with zero attached hydrogens (tertiary/aromatic N) is 2. The molecule has 0 atom stereocenters. The number of carbonyl (C=O) groups excluding carboxylic acids is 2. The lowest BCUT2D eigenvalue weighted by atomic mass is 10.2. The zero-order valence-corrected chi connectivity index (χ0v) is 17.2. The molecule has 0 saturated heterocycles. The molecule has 0 aliphatic carbocycles. The number of hydrogen-bond donors (Lipinski definition) is 1. The summed E-state index contributed by atoms with van der Waals surface area (Å²) in [6.07, 6.45) is 0. The van der Waals surface area contributed by atoms with E-state index in [2.05, 4.69) is 15.0 Å². The van der Waals surface area contributed by atoms with Crippen LogP contribution >= 0.6 is 23.1 Å². The van der Waals surface area contributed by atoms with Gasteiger partial charge in [0.25, 0.3) is 5.56 Å². The summed E-state index contributed by atoms with van der Waals surface area (Å²) < 4.78 is 6.13. The maximum Gasteiger partial charge on any atom is 0.325 e. The van der Waals surface area contributed by atoms with Crippen molar-refractivity contribution in [3.8, 4) is 0 Å². The predicted molar refractivity (Wildman–Crippen MR) is 104 cm³/mol. The summed E-state index contributed by atoms with van der Waals surface area (Å²) in [4.78, 5) is 42.4. The van der Waals surface area contributed by atoms with Crippen LogP contribution < -0.4 is 10.9 Å². The van der Waals surface area contributed by atoms with E-state index in [0.29, 0.717) is 21.9 Å². The first-order chi connectivity index (χ1) is 12.2. The Morgan fingerprint density at radius 2 is 2.04 bits per heavy atom. The first kappa shape index (κ1) is 20.4. The summed E-state index contributed by atoms with van der Waals surface area (Å²) in [5.74, 6) is -0.496. The number of aromatic nitrogens is 2. The van der Waals surface area contributed by atoms with Crippen LogP contribution in [-0.4, -0.2) is 40.8 Å². The maximum absolute atomic E-state index is 13.0. The highest BCUT2D eigenvalue weighted by atomic mass is 32.2. The largest absolute Gasteiger partial charge is 0.468 e. The summed E-state index contributed by atoms with van der Waals surface area (Å²) in [6, 6.07) is 0. The normalized spacial score (nSPS) is 11.2. The first-order valence-electron chi connectivity index (χ1n) is 8.21. The molecular weight excluding hydrogens is 374 g/mol. The number of esters is 1. The molecule has 2 aromatic heterocycles. The fraction of sp³-hybridized carbons (Fsp3) is 0.529. The predicted octanol–water partition coefficient (Wildman–Crippen LogP) is 2.11. The van der Waals surface area contributed by atoms with Crippen LogP contribution in [0.3, 0.4) is 0 Å². The van der Waals surface area contributed by atoms with Gasteiger partial charge in [-0.1, -0.05) is 25.6 Å². The second-order valence-electron chi connectivity index (χ2n) is 6.31. The molecule has 0 aliphatic heterocycles. The fourth-order valence-corrected chi connectivity index (χ4v) is 4.28. The van der Waals surface area contributed by atoms with E-state index in [1.54, 1.807) is 4.57 Å². The highest BCUT2D eigenvalue weighted by Crippen LogP contribution is 2.28. The van der Waals surface area contributed by atoms with Crippen molar-refractivity contribution in [1.82, 2.24) is 14.9 Å². The topological polar surface area (TPSA) is 90.3 Å². The van der Waals surface area contributed by atoms with Gasteiger partial charge in [0.15, 0.2) is 5.16 Å². The van der Waals surface area contributed by atoms with Crippen LogP contribution in [0.5, 0.6) is 0 Å². The van der Waals surface area contributed by atoms with Crippen LogP contribution in [-0.2, 0) is 20.9 Å². The molecule has 0 radical (unpaired) electrons. The van der Waals surface area contributed by atoms with Crippen molar-refractivity contribution in [3.05, 3.63) is 20.8 Å². The Labute approximate surface area is 160 Å². The van der Waals surface area contributed by atoms with Gasteiger partial charge in [0.2, 0.25) is 5.91 Å². The van der Waals surface area contributed by atoms with Crippen molar-refractivity contribution in [2.24, 2.45) is 5.92 Å². The van der Waals surface area contributed by atoms with Gasteiger partial charge in [0, 0.05) is 11.4 Å². The lowest BCUT2D eigenvalue weighted by Crippen LogP contribution is -2.32. The van der Waals surface area contributed by atoms with Gasteiger partial charge in [0.05, 0.1) is 18.2 Å². The van der Waals surface area contributed by atoms with E-state index < -0.39 is 5.97 Å². The summed E-state index contributed by atoms with van der Waals surface area (Å²) in [7, 11) is 1.26. The van der Waals surface area contributed by atoms with Gasteiger partial charge in [-0.3, -0.25) is 19.0 Å². The third-order valence-electron chi connectivity index (χ3n) is 3.79. The molecule has 2 aromatic rings. The summed E-state index contributed by atoms with van der Waals surface area (Å²) >= 11 is 2.68. The van der Waals surface area contributed by atoms with Crippen molar-refractivity contribution >= 4 is 45.2 Å². The molecule has 0 saturated carbocycles. The van der Waals surface area contributed by atoms with Gasteiger partial charge in [-0.2, -0.15) is 0 Å². The Hall–Kier alpha value is -1.87. The number of amides is 1. The van der Waals surface area contributed by atoms with Gasteiger partial charge in [0.1, 0.15) is 11.4 Å². The molecule has 1 N–H and O–H groups in total. The maximum atomic E-state index is 13.0. The SMILES string of the molecule is COC(=O)CNC(=O)CSc1nc2sc(C)c(C)c2c(=O)n1CC(C)C. The van der Waals surface area contributed by atoms with E-state index >= 15 is 0 Å². The Morgan fingerprint density at radius 1 is 1.35 bits per heavy atom. The van der Waals surface area contributed by atoms with Crippen LogP contribution in [0, 0.1) is 19.8 Å². The number of ether oxygens (including phenoxy) is 1. The quantitative estimate of drug-likeness (QED) is 0.437. The second-order valence-corrected chi connectivity index (χ2v) is 8.45. The Bertz CT molecular complexity index is 886. The molecule has 0 aromatic carbocycles. The van der Waals surface area contributed by atoms with E-state index in [1.165, 1.54) is 30.2 Å². The van der Waals surface area contributed by atoms with Gasteiger partial charge in [-0.25, -0.2) is 4.98 Å². The van der Waals surface area contributed by atoms with E-state index in [4.69, 9.17) is 0 Å². The lowest BCUT2D eigenvalue weighted by Gasteiger charge is -2.14. The molecule has 1 amide bonds. The monoisotopic (exact) mass is 397 g/mol. The average molecular weight is 398 g/mol. The third kappa shape index (κ3) is 4.64. The zero-order valence-electron chi connectivity index (χ0n) is 15.5. The third-order valence-corrected chi connectivity index (χ3v) is 5.87. The van der Waals surface area contributed by atoms with Crippen LogP contribution in [0.15, 0.2) is 9.95 Å². The minimum Gasteiger partial charge on any atom is -0.468 e. The van der Waals surface area contributed by atoms with Crippen LogP contribution in [0.4, 0.5) is 0 Å². The van der Waals surface area contributed by atoms with Crippen molar-refractivity contribution in [1.29, 1.82) is 0 Å². The Kier molecular flexibility index (Phi) is 6.82. The van der Waals surface area contributed by atoms with E-state index in [1.807, 2.05) is 27.7 Å². The molecule has 7 nitrogen and oxygen atoms in total. The van der Waals surface area contributed by atoms with Gasteiger partial charge in [-0.15, -0.1) is 11.3 Å². The average Bonchev–Trinajstić information content (AvgIpc) is 2.87. The van der Waals surface area contributed by atoms with E-state index in [0.717, 1.165) is 10.4 Å². The Balaban J connectivity index is 2.29. The van der Waals surface area contributed by atoms with Crippen molar-refractivity contribution in [2.75, 3.05) is 19.4 Å². The number of fused-ring (bicyclic) bond motifs is 1. The van der Waals surface area contributed by atoms with Gasteiger partial charge < -0.3 is 10.1 Å². The molecule has 0 bridgehead atoms. The van der Waals surface area contributed by atoms with Gasteiger partial charge in [-0.05, 0) is 25.3 Å². The summed E-state index contributed by atoms with van der Waals surface area (Å²) in [5.41, 5.74) is 0.899. The molecule has 2 heterocycles. The molecule has 0 aliphatic rings. The van der Waals surface area contributed by atoms with Crippen LogP contribution in [0.25, 0.3) is 10.2 Å². The number of methoxy groups -OCH3 is 1. The molecule has 0 spiro atoms. The highest BCUT2D eigenvalue weighted by molar-refractivity contribution is 7.99. The summed E-state index contributed by atoms with van der Waals surface area (Å²) in [5, 5.41) is 3.66. The zero-order chi connectivity index (χ0) is 19.4. The molecule has 0 unspecified atom stereocenters. The molecule has 2 rings (SSSR count). The minimum atomic E-state index is -0.510. The lowest BCUT2D eigenvalue weighted by molar-refractivity contribution is -0.140. The summed E-state index contributed by atoms with van der Waals surface area (Å²) in [6.45, 7) is 8.32. The molecule has 9 heteroatoms. The molecule has 142 valence electrons. The first-order valence-corrected chi connectivity index (χ1v) is 10.0. The standard InChI is InChI=1S/C17H23N3O4S2/c1-9(2)7-20-16(23)14-10(3)11(4)26-15(14)19-17(20)25-8-12(21)18-6-13(22)24-5/h9H,6-8H2,1-5H3,(H,18,21). The van der Waals surface area contributed by atoms with Crippen LogP contribution in [0.1, 0.15) is 24.3 Å². The molecule has 26 heavy (non-hydrogen) atoms. The molecular formula is C17H23N3O4S2. The highest BCUT2D eigenvalue weighted by Gasteiger charge is 2.18.